The highest BCUT2D eigenvalue weighted by atomic mass is 16.5. The van der Waals surface area contributed by atoms with Gasteiger partial charge in [0.05, 0.1) is 13.0 Å². The molecule has 2 rings (SSSR count). The topological polar surface area (TPSA) is 50.4 Å². The molecule has 1 aliphatic heterocycles. The summed E-state index contributed by atoms with van der Waals surface area (Å²) in [6.07, 6.45) is 0.922. The normalized spacial score (nSPS) is 22.8. The number of benzene rings is 1. The number of hydrogen-bond acceptors (Lipinski definition) is 3. The molecule has 0 radical (unpaired) electrons. The van der Waals surface area contributed by atoms with Crippen molar-refractivity contribution in [2.75, 3.05) is 13.7 Å². The van der Waals surface area contributed by atoms with Crippen LogP contribution in [0.3, 0.4) is 0 Å². The van der Waals surface area contributed by atoms with Gasteiger partial charge in [0.2, 0.25) is 5.91 Å². The van der Waals surface area contributed by atoms with Gasteiger partial charge in [-0.3, -0.25) is 4.79 Å². The summed E-state index contributed by atoms with van der Waals surface area (Å²) in [4.78, 5) is 12.0. The third kappa shape index (κ3) is 3.01. The lowest BCUT2D eigenvalue weighted by molar-refractivity contribution is -0.125. The number of amides is 1. The van der Waals surface area contributed by atoms with E-state index in [2.05, 4.69) is 17.6 Å². The van der Waals surface area contributed by atoms with Gasteiger partial charge < -0.3 is 15.4 Å². The Hall–Kier alpha value is -1.55. The van der Waals surface area contributed by atoms with Crippen LogP contribution in [0.25, 0.3) is 0 Å². The molecule has 1 aliphatic rings. The maximum atomic E-state index is 12.0. The predicted octanol–water partition coefficient (Wildman–Crippen LogP) is 1.31. The minimum Gasteiger partial charge on any atom is -0.497 e. The van der Waals surface area contributed by atoms with Gasteiger partial charge in [0.15, 0.2) is 0 Å². The minimum absolute atomic E-state index is 0.0932. The maximum Gasteiger partial charge on any atom is 0.224 e. The second kappa shape index (κ2) is 5.87. The summed E-state index contributed by atoms with van der Waals surface area (Å²) in [5.41, 5.74) is 1.06. The van der Waals surface area contributed by atoms with E-state index in [1.54, 1.807) is 7.11 Å². The highest BCUT2D eigenvalue weighted by Gasteiger charge is 2.28. The third-order valence-corrected chi connectivity index (χ3v) is 3.46. The van der Waals surface area contributed by atoms with Gasteiger partial charge in [0.25, 0.3) is 0 Å². The summed E-state index contributed by atoms with van der Waals surface area (Å²) in [5.74, 6) is 1.04. The van der Waals surface area contributed by atoms with E-state index in [1.807, 2.05) is 24.3 Å². The summed E-state index contributed by atoms with van der Waals surface area (Å²) in [5, 5.41) is 6.27. The molecule has 4 nitrogen and oxygen atoms in total. The van der Waals surface area contributed by atoms with Crippen molar-refractivity contribution in [2.24, 2.45) is 5.92 Å². The van der Waals surface area contributed by atoms with Gasteiger partial charge in [-0.15, -0.1) is 0 Å². The molecule has 1 saturated heterocycles. The second-order valence-electron chi connectivity index (χ2n) is 4.71. The van der Waals surface area contributed by atoms with Crippen LogP contribution >= 0.6 is 0 Å². The molecule has 1 heterocycles. The first-order valence-corrected chi connectivity index (χ1v) is 6.34. The predicted molar refractivity (Wildman–Crippen MR) is 70.4 cm³/mol. The van der Waals surface area contributed by atoms with E-state index in [9.17, 15) is 4.79 Å². The second-order valence-corrected chi connectivity index (χ2v) is 4.71. The lowest BCUT2D eigenvalue weighted by Gasteiger charge is -2.15. The maximum absolute atomic E-state index is 12.0. The largest absolute Gasteiger partial charge is 0.497 e. The van der Waals surface area contributed by atoms with Crippen molar-refractivity contribution in [1.29, 1.82) is 0 Å². The standard InChI is InChI=1S/C14H20N2O2/c1-10-13(6-7-15-10)14(17)16-9-11-4-3-5-12(8-11)18-2/h3-5,8,10,13,15H,6-7,9H2,1-2H3,(H,16,17). The molecule has 0 aromatic heterocycles. The zero-order valence-electron chi connectivity index (χ0n) is 10.9. The van der Waals surface area contributed by atoms with Crippen molar-refractivity contribution in [3.63, 3.8) is 0 Å². The van der Waals surface area contributed by atoms with Crippen LogP contribution in [-0.4, -0.2) is 25.6 Å². The Kier molecular flexibility index (Phi) is 4.20. The number of nitrogens with one attached hydrogen (secondary N) is 2. The Morgan fingerprint density at radius 1 is 1.56 bits per heavy atom. The van der Waals surface area contributed by atoms with Gasteiger partial charge in [-0.1, -0.05) is 12.1 Å². The van der Waals surface area contributed by atoms with Gasteiger partial charge in [0, 0.05) is 12.6 Å². The first-order chi connectivity index (χ1) is 8.70. The van der Waals surface area contributed by atoms with Crippen molar-refractivity contribution < 1.29 is 9.53 Å². The summed E-state index contributed by atoms with van der Waals surface area (Å²) < 4.78 is 5.16. The first kappa shape index (κ1) is 12.9. The SMILES string of the molecule is COc1cccc(CNC(=O)C2CCNC2C)c1. The average molecular weight is 248 g/mol. The van der Waals surface area contributed by atoms with Gasteiger partial charge in [-0.2, -0.15) is 0 Å². The smallest absolute Gasteiger partial charge is 0.224 e. The Balaban J connectivity index is 1.88. The lowest BCUT2D eigenvalue weighted by atomic mass is 10.0. The Labute approximate surface area is 108 Å². The summed E-state index contributed by atoms with van der Waals surface area (Å²) in [6.45, 7) is 3.54. The van der Waals surface area contributed by atoms with Crippen LogP contribution in [-0.2, 0) is 11.3 Å². The lowest BCUT2D eigenvalue weighted by Crippen LogP contribution is -2.36. The van der Waals surface area contributed by atoms with Crippen molar-refractivity contribution in [1.82, 2.24) is 10.6 Å². The van der Waals surface area contributed by atoms with E-state index in [1.165, 1.54) is 0 Å². The van der Waals surface area contributed by atoms with Gasteiger partial charge in [-0.05, 0) is 37.6 Å². The van der Waals surface area contributed by atoms with Crippen LogP contribution in [0.15, 0.2) is 24.3 Å². The molecule has 0 bridgehead atoms. The van der Waals surface area contributed by atoms with Crippen molar-refractivity contribution in [2.45, 2.75) is 25.9 Å². The molecule has 4 heteroatoms. The zero-order valence-corrected chi connectivity index (χ0v) is 10.9. The van der Waals surface area contributed by atoms with Gasteiger partial charge in [0.1, 0.15) is 5.75 Å². The van der Waals surface area contributed by atoms with E-state index in [0.29, 0.717) is 6.54 Å². The van der Waals surface area contributed by atoms with E-state index in [0.717, 1.165) is 24.3 Å². The van der Waals surface area contributed by atoms with Crippen LogP contribution in [0.5, 0.6) is 5.75 Å². The monoisotopic (exact) mass is 248 g/mol. The van der Waals surface area contributed by atoms with Crippen molar-refractivity contribution in [3.05, 3.63) is 29.8 Å². The van der Waals surface area contributed by atoms with Crippen LogP contribution in [0.2, 0.25) is 0 Å². The average Bonchev–Trinajstić information content (AvgIpc) is 2.82. The highest BCUT2D eigenvalue weighted by Crippen LogP contribution is 2.16. The number of hydrogen-bond donors (Lipinski definition) is 2. The van der Waals surface area contributed by atoms with E-state index in [-0.39, 0.29) is 17.9 Å². The highest BCUT2D eigenvalue weighted by molar-refractivity contribution is 5.79. The van der Waals surface area contributed by atoms with E-state index < -0.39 is 0 Å². The fourth-order valence-electron chi connectivity index (χ4n) is 2.32. The van der Waals surface area contributed by atoms with Crippen molar-refractivity contribution >= 4 is 5.91 Å². The Morgan fingerprint density at radius 3 is 3.06 bits per heavy atom. The van der Waals surface area contributed by atoms with Crippen LogP contribution in [0.1, 0.15) is 18.9 Å². The molecule has 2 N–H and O–H groups in total. The molecular weight excluding hydrogens is 228 g/mol. The molecule has 2 atom stereocenters. The minimum atomic E-state index is 0.0932. The van der Waals surface area contributed by atoms with Crippen LogP contribution in [0.4, 0.5) is 0 Å². The molecule has 1 aromatic rings. The molecule has 0 saturated carbocycles. The summed E-state index contributed by atoms with van der Waals surface area (Å²) in [7, 11) is 1.64. The molecule has 1 fully saturated rings. The number of ether oxygens (including phenoxy) is 1. The number of carbonyl (C=O) groups excluding carboxylic acids is 1. The number of rotatable bonds is 4. The fraction of sp³-hybridized carbons (Fsp3) is 0.500. The van der Waals surface area contributed by atoms with E-state index in [4.69, 9.17) is 4.74 Å². The zero-order chi connectivity index (χ0) is 13.0. The molecule has 98 valence electrons. The first-order valence-electron chi connectivity index (χ1n) is 6.34. The Bertz CT molecular complexity index is 420. The van der Waals surface area contributed by atoms with Gasteiger partial charge in [-0.25, -0.2) is 0 Å². The molecule has 1 aromatic carbocycles. The molecule has 2 unspecified atom stereocenters. The summed E-state index contributed by atoms with van der Waals surface area (Å²) >= 11 is 0. The molecule has 1 amide bonds. The van der Waals surface area contributed by atoms with Gasteiger partial charge >= 0.3 is 0 Å². The Morgan fingerprint density at radius 2 is 2.39 bits per heavy atom. The number of carbonyl (C=O) groups is 1. The van der Waals surface area contributed by atoms with Crippen LogP contribution in [0, 0.1) is 5.92 Å². The molecule has 0 aliphatic carbocycles. The summed E-state index contributed by atoms with van der Waals surface area (Å²) in [6, 6.07) is 8.03. The molecule has 18 heavy (non-hydrogen) atoms. The third-order valence-electron chi connectivity index (χ3n) is 3.46. The number of methoxy groups -OCH3 is 1. The van der Waals surface area contributed by atoms with Crippen molar-refractivity contribution in [3.8, 4) is 5.75 Å². The molecule has 0 spiro atoms. The van der Waals surface area contributed by atoms with Crippen LogP contribution < -0.4 is 15.4 Å². The molecular formula is C14H20N2O2. The van der Waals surface area contributed by atoms with E-state index >= 15 is 0 Å². The quantitative estimate of drug-likeness (QED) is 0.844. The fourth-order valence-corrected chi connectivity index (χ4v) is 2.32.